The number of hydrogen-bond acceptors (Lipinski definition) is 6. The molecule has 0 aliphatic carbocycles. The summed E-state index contributed by atoms with van der Waals surface area (Å²) in [5.74, 6) is -2.56. The third-order valence-corrected chi connectivity index (χ3v) is 5.66. The maximum Gasteiger partial charge on any atom is 0.490 e. The maximum absolute atomic E-state index is 12.4. The Morgan fingerprint density at radius 2 is 1.97 bits per heavy atom. The van der Waals surface area contributed by atoms with Crippen LogP contribution in [0, 0.1) is 5.41 Å². The van der Waals surface area contributed by atoms with Gasteiger partial charge in [-0.05, 0) is 35.4 Å². The second-order valence-corrected chi connectivity index (χ2v) is 7.93. The zero-order valence-electron chi connectivity index (χ0n) is 15.3. The molecule has 29 heavy (non-hydrogen) atoms. The van der Waals surface area contributed by atoms with E-state index >= 15 is 0 Å². The number of amides is 1. The van der Waals surface area contributed by atoms with E-state index in [4.69, 9.17) is 9.90 Å². The Kier molecular flexibility index (Phi) is 6.18. The van der Waals surface area contributed by atoms with E-state index in [0.717, 1.165) is 38.3 Å². The molecule has 0 bridgehead atoms. The number of carboxylic acid groups (broad SMARTS) is 1. The highest BCUT2D eigenvalue weighted by Gasteiger charge is 2.47. The number of likely N-dealkylation sites (tertiary alicyclic amines) is 1. The molecule has 0 aromatic carbocycles. The summed E-state index contributed by atoms with van der Waals surface area (Å²) in [5, 5.41) is 11.5. The summed E-state index contributed by atoms with van der Waals surface area (Å²) < 4.78 is 31.7. The van der Waals surface area contributed by atoms with Crippen LogP contribution >= 0.6 is 11.3 Å². The highest BCUT2D eigenvalue weighted by Crippen LogP contribution is 2.42. The quantitative estimate of drug-likeness (QED) is 0.809. The van der Waals surface area contributed by atoms with Crippen LogP contribution in [-0.2, 0) is 16.1 Å². The zero-order chi connectivity index (χ0) is 21.1. The van der Waals surface area contributed by atoms with Crippen molar-refractivity contribution in [3.05, 3.63) is 41.1 Å². The molecule has 2 aromatic heterocycles. The predicted molar refractivity (Wildman–Crippen MR) is 99.3 cm³/mol. The van der Waals surface area contributed by atoms with Gasteiger partial charge in [0.1, 0.15) is 6.33 Å². The van der Waals surface area contributed by atoms with Crippen LogP contribution in [0.1, 0.15) is 18.4 Å². The molecule has 7 nitrogen and oxygen atoms in total. The van der Waals surface area contributed by atoms with E-state index in [2.05, 4.69) is 31.7 Å². The van der Waals surface area contributed by atoms with Gasteiger partial charge in [-0.25, -0.2) is 14.8 Å². The van der Waals surface area contributed by atoms with Crippen LogP contribution < -0.4 is 4.90 Å². The number of anilines is 1. The second kappa shape index (κ2) is 8.46. The number of aromatic nitrogens is 2. The lowest BCUT2D eigenvalue weighted by Crippen LogP contribution is -2.31. The van der Waals surface area contributed by atoms with Gasteiger partial charge in [-0.2, -0.15) is 24.5 Å². The first-order valence-electron chi connectivity index (χ1n) is 8.77. The number of carbonyl (C=O) groups is 2. The van der Waals surface area contributed by atoms with E-state index in [9.17, 15) is 18.0 Å². The molecule has 4 rings (SSSR count). The lowest BCUT2D eigenvalue weighted by Gasteiger charge is -2.24. The first-order chi connectivity index (χ1) is 13.7. The highest BCUT2D eigenvalue weighted by atomic mass is 32.1. The van der Waals surface area contributed by atoms with Crippen molar-refractivity contribution in [2.45, 2.75) is 25.6 Å². The van der Waals surface area contributed by atoms with Crippen LogP contribution in [0.25, 0.3) is 0 Å². The van der Waals surface area contributed by atoms with E-state index in [0.29, 0.717) is 6.42 Å². The minimum absolute atomic E-state index is 0.100. The van der Waals surface area contributed by atoms with Crippen LogP contribution in [0.4, 0.5) is 18.9 Å². The van der Waals surface area contributed by atoms with Gasteiger partial charge in [0.2, 0.25) is 5.91 Å². The van der Waals surface area contributed by atoms with Crippen molar-refractivity contribution in [3.63, 3.8) is 0 Å². The van der Waals surface area contributed by atoms with Gasteiger partial charge in [0.25, 0.3) is 0 Å². The molecule has 11 heteroatoms. The third-order valence-electron chi connectivity index (χ3n) is 4.93. The molecule has 2 aliphatic heterocycles. The minimum atomic E-state index is -5.08. The van der Waals surface area contributed by atoms with Gasteiger partial charge in [0.05, 0.1) is 18.1 Å². The number of carboxylic acids is 1. The predicted octanol–water partition coefficient (Wildman–Crippen LogP) is 2.80. The molecule has 156 valence electrons. The summed E-state index contributed by atoms with van der Waals surface area (Å²) in [4.78, 5) is 33.7. The van der Waals surface area contributed by atoms with Gasteiger partial charge in [-0.1, -0.05) is 0 Å². The van der Waals surface area contributed by atoms with Gasteiger partial charge in [-0.15, -0.1) is 0 Å². The summed E-state index contributed by atoms with van der Waals surface area (Å²) >= 11 is 1.74. The Hall–Kier alpha value is -2.53. The first kappa shape index (κ1) is 21.2. The largest absolute Gasteiger partial charge is 0.490 e. The van der Waals surface area contributed by atoms with Gasteiger partial charge in [-0.3, -0.25) is 9.69 Å². The topological polar surface area (TPSA) is 86.6 Å². The molecule has 2 aromatic rings. The van der Waals surface area contributed by atoms with Crippen molar-refractivity contribution < 1.29 is 27.9 Å². The Morgan fingerprint density at radius 3 is 2.55 bits per heavy atom. The average molecular weight is 428 g/mol. The lowest BCUT2D eigenvalue weighted by molar-refractivity contribution is -0.192. The van der Waals surface area contributed by atoms with Crippen LogP contribution in [0.5, 0.6) is 0 Å². The molecule has 1 N–H and O–H groups in total. The smallest absolute Gasteiger partial charge is 0.475 e. The van der Waals surface area contributed by atoms with E-state index in [-0.39, 0.29) is 11.3 Å². The second-order valence-electron chi connectivity index (χ2n) is 7.15. The molecular weight excluding hydrogens is 409 g/mol. The van der Waals surface area contributed by atoms with Crippen molar-refractivity contribution in [1.82, 2.24) is 14.9 Å². The molecule has 0 radical (unpaired) electrons. The monoisotopic (exact) mass is 428 g/mol. The number of rotatable bonds is 3. The SMILES string of the molecule is O=C(O)C(F)(F)F.O=C1CC2(CCN(Cc3ccsc3)C2)CN1c1cncnc1. The number of nitrogens with zero attached hydrogens (tertiary/aromatic N) is 4. The minimum Gasteiger partial charge on any atom is -0.475 e. The zero-order valence-corrected chi connectivity index (χ0v) is 16.1. The van der Waals surface area contributed by atoms with Crippen molar-refractivity contribution in [2.24, 2.45) is 5.41 Å². The summed E-state index contributed by atoms with van der Waals surface area (Å²) in [5.41, 5.74) is 2.29. The van der Waals surface area contributed by atoms with Gasteiger partial charge < -0.3 is 10.0 Å². The fourth-order valence-corrected chi connectivity index (χ4v) is 4.30. The van der Waals surface area contributed by atoms with Gasteiger partial charge in [0.15, 0.2) is 0 Å². The summed E-state index contributed by atoms with van der Waals surface area (Å²) in [6, 6.07) is 2.18. The molecule has 1 unspecified atom stereocenters. The normalized spacial score (nSPS) is 22.0. The van der Waals surface area contributed by atoms with Gasteiger partial charge >= 0.3 is 12.1 Å². The number of hydrogen-bond donors (Lipinski definition) is 1. The number of carbonyl (C=O) groups excluding carboxylic acids is 1. The van der Waals surface area contributed by atoms with Crippen LogP contribution in [0.2, 0.25) is 0 Å². The van der Waals surface area contributed by atoms with Crippen LogP contribution in [-0.4, -0.2) is 57.7 Å². The fraction of sp³-hybridized carbons (Fsp3) is 0.444. The van der Waals surface area contributed by atoms with Crippen LogP contribution in [0.3, 0.4) is 0 Å². The maximum atomic E-state index is 12.4. The molecule has 1 amide bonds. The van der Waals surface area contributed by atoms with Crippen molar-refractivity contribution in [2.75, 3.05) is 24.5 Å². The standard InChI is InChI=1S/C16H18N4OS.C2HF3O2/c21-15-5-16(11-20(15)14-6-17-12-18-7-14)2-3-19(10-16)8-13-1-4-22-9-13;3-2(4,5)1(6)7/h1,4,6-7,9,12H,2-3,5,8,10-11H2;(H,6,7). The van der Waals surface area contributed by atoms with Gasteiger partial charge in [0, 0.05) is 31.5 Å². The van der Waals surface area contributed by atoms with Crippen molar-refractivity contribution in [1.29, 1.82) is 0 Å². The van der Waals surface area contributed by atoms with E-state index < -0.39 is 12.1 Å². The Balaban J connectivity index is 0.000000298. The van der Waals surface area contributed by atoms with E-state index in [1.54, 1.807) is 23.7 Å². The summed E-state index contributed by atoms with van der Waals surface area (Å²) in [7, 11) is 0. The lowest BCUT2D eigenvalue weighted by atomic mass is 9.86. The molecule has 1 atom stereocenters. The molecule has 2 aliphatic rings. The summed E-state index contributed by atoms with van der Waals surface area (Å²) in [6.45, 7) is 3.86. The average Bonchev–Trinajstić information content (AvgIpc) is 3.38. The van der Waals surface area contributed by atoms with Crippen molar-refractivity contribution >= 4 is 28.9 Å². The number of alkyl halides is 3. The number of thiophene rings is 1. The third kappa shape index (κ3) is 5.30. The first-order valence-corrected chi connectivity index (χ1v) is 9.72. The Morgan fingerprint density at radius 1 is 1.28 bits per heavy atom. The highest BCUT2D eigenvalue weighted by molar-refractivity contribution is 7.07. The molecule has 1 spiro atoms. The van der Waals surface area contributed by atoms with E-state index in [1.165, 1.54) is 11.9 Å². The Labute approximate surface area is 168 Å². The van der Waals surface area contributed by atoms with Crippen molar-refractivity contribution in [3.8, 4) is 0 Å². The molecule has 0 saturated carbocycles. The van der Waals surface area contributed by atoms with Crippen LogP contribution in [0.15, 0.2) is 35.5 Å². The molecule has 2 fully saturated rings. The molecule has 2 saturated heterocycles. The Bertz CT molecular complexity index is 848. The molecule has 4 heterocycles. The fourth-order valence-electron chi connectivity index (χ4n) is 3.64. The molecular formula is C18H19F3N4O3S. The number of halogens is 3. The number of aliphatic carboxylic acids is 1. The summed E-state index contributed by atoms with van der Waals surface area (Å²) in [6.07, 6.45) is 1.59. The van der Waals surface area contributed by atoms with E-state index in [1.807, 2.05) is 4.90 Å².